The summed E-state index contributed by atoms with van der Waals surface area (Å²) in [4.78, 5) is 13.6. The van der Waals surface area contributed by atoms with Crippen molar-refractivity contribution in [3.05, 3.63) is 0 Å². The van der Waals surface area contributed by atoms with Crippen molar-refractivity contribution in [3.63, 3.8) is 0 Å². The first-order valence-electron chi connectivity index (χ1n) is 5.83. The van der Waals surface area contributed by atoms with Gasteiger partial charge in [-0.15, -0.1) is 0 Å². The lowest BCUT2D eigenvalue weighted by Crippen LogP contribution is -2.60. The van der Waals surface area contributed by atoms with Gasteiger partial charge in [0.05, 0.1) is 0 Å². The smallest absolute Gasteiger partial charge is 0.236 e. The zero-order valence-electron chi connectivity index (χ0n) is 9.99. The predicted molar refractivity (Wildman–Crippen MR) is 61.5 cm³/mol. The third-order valence-corrected chi connectivity index (χ3v) is 3.60. The molecule has 1 amide bonds. The molecule has 0 aromatic rings. The Balaban J connectivity index is 2.67. The maximum absolute atomic E-state index is 11.3. The van der Waals surface area contributed by atoms with E-state index in [1.807, 2.05) is 0 Å². The highest BCUT2D eigenvalue weighted by Gasteiger charge is 2.31. The van der Waals surface area contributed by atoms with E-state index < -0.39 is 0 Å². The van der Waals surface area contributed by atoms with Gasteiger partial charge in [0.1, 0.15) is 6.04 Å². The topological polar surface area (TPSA) is 58.4 Å². The van der Waals surface area contributed by atoms with Crippen LogP contribution >= 0.6 is 0 Å². The van der Waals surface area contributed by atoms with E-state index in [1.54, 1.807) is 0 Å². The zero-order chi connectivity index (χ0) is 11.4. The molecule has 3 N–H and O–H groups in total. The number of hydrogen-bond donors (Lipinski definition) is 2. The van der Waals surface area contributed by atoms with E-state index in [0.717, 1.165) is 19.5 Å². The molecular formula is C11H23N3O. The third-order valence-electron chi connectivity index (χ3n) is 3.60. The second kappa shape index (κ2) is 5.47. The molecule has 0 radical (unpaired) electrons. The average Bonchev–Trinajstić information content (AvgIpc) is 2.27. The second-order valence-corrected chi connectivity index (χ2v) is 4.49. The minimum absolute atomic E-state index is 0.136. The van der Waals surface area contributed by atoms with Crippen LogP contribution in [0.4, 0.5) is 0 Å². The summed E-state index contributed by atoms with van der Waals surface area (Å²) >= 11 is 0. The van der Waals surface area contributed by atoms with E-state index in [9.17, 15) is 4.79 Å². The van der Waals surface area contributed by atoms with Crippen molar-refractivity contribution >= 4 is 5.91 Å². The van der Waals surface area contributed by atoms with E-state index in [0.29, 0.717) is 18.5 Å². The van der Waals surface area contributed by atoms with E-state index in [-0.39, 0.29) is 11.9 Å². The largest absolute Gasteiger partial charge is 0.368 e. The van der Waals surface area contributed by atoms with Crippen molar-refractivity contribution in [2.75, 3.05) is 19.6 Å². The summed E-state index contributed by atoms with van der Waals surface area (Å²) in [7, 11) is 0. The maximum atomic E-state index is 11.3. The lowest BCUT2D eigenvalue weighted by Gasteiger charge is -2.40. The first-order valence-corrected chi connectivity index (χ1v) is 5.83. The van der Waals surface area contributed by atoms with Crippen LogP contribution in [0.5, 0.6) is 0 Å². The minimum atomic E-state index is -0.211. The molecule has 0 bridgehead atoms. The maximum Gasteiger partial charge on any atom is 0.236 e. The third kappa shape index (κ3) is 2.92. The molecule has 0 saturated carbocycles. The molecule has 88 valence electrons. The summed E-state index contributed by atoms with van der Waals surface area (Å²) in [6.07, 6.45) is 1.14. The van der Waals surface area contributed by atoms with Gasteiger partial charge in [-0.25, -0.2) is 0 Å². The Bertz CT molecular complexity index is 220. The highest BCUT2D eigenvalue weighted by Crippen LogP contribution is 2.17. The Kier molecular flexibility index (Phi) is 4.54. The fourth-order valence-electron chi connectivity index (χ4n) is 2.14. The Morgan fingerprint density at radius 1 is 1.60 bits per heavy atom. The van der Waals surface area contributed by atoms with Crippen LogP contribution in [0.15, 0.2) is 0 Å². The van der Waals surface area contributed by atoms with Crippen LogP contribution in [0.3, 0.4) is 0 Å². The molecule has 1 heterocycles. The second-order valence-electron chi connectivity index (χ2n) is 4.49. The van der Waals surface area contributed by atoms with Crippen molar-refractivity contribution in [1.29, 1.82) is 0 Å². The number of nitrogens with one attached hydrogen (secondary N) is 1. The number of nitrogens with two attached hydrogens (primary N) is 1. The zero-order valence-corrected chi connectivity index (χ0v) is 9.99. The average molecular weight is 213 g/mol. The Hall–Kier alpha value is -0.610. The van der Waals surface area contributed by atoms with Crippen LogP contribution < -0.4 is 11.1 Å². The minimum Gasteiger partial charge on any atom is -0.368 e. The summed E-state index contributed by atoms with van der Waals surface area (Å²) in [6, 6.07) is 0.289. The van der Waals surface area contributed by atoms with Crippen LogP contribution in [-0.4, -0.2) is 42.5 Å². The molecule has 4 nitrogen and oxygen atoms in total. The van der Waals surface area contributed by atoms with Crippen LogP contribution in [0, 0.1) is 5.92 Å². The molecule has 1 fully saturated rings. The van der Waals surface area contributed by atoms with Crippen LogP contribution in [-0.2, 0) is 4.79 Å². The van der Waals surface area contributed by atoms with E-state index in [1.165, 1.54) is 0 Å². The molecule has 15 heavy (non-hydrogen) atoms. The molecule has 0 aliphatic carbocycles. The van der Waals surface area contributed by atoms with E-state index >= 15 is 0 Å². The lowest BCUT2D eigenvalue weighted by atomic mass is 9.96. The molecule has 1 saturated heterocycles. The number of piperazine rings is 1. The molecule has 4 heteroatoms. The van der Waals surface area contributed by atoms with Crippen molar-refractivity contribution in [2.45, 2.75) is 39.3 Å². The fourth-order valence-corrected chi connectivity index (χ4v) is 2.14. The fraction of sp³-hybridized carbons (Fsp3) is 0.909. The van der Waals surface area contributed by atoms with Gasteiger partial charge in [0.15, 0.2) is 0 Å². The van der Waals surface area contributed by atoms with Crippen molar-refractivity contribution in [3.8, 4) is 0 Å². The number of hydrogen-bond acceptors (Lipinski definition) is 3. The van der Waals surface area contributed by atoms with Crippen molar-refractivity contribution in [2.24, 2.45) is 11.7 Å². The molecular weight excluding hydrogens is 190 g/mol. The summed E-state index contributed by atoms with van der Waals surface area (Å²) in [5.41, 5.74) is 5.42. The number of amides is 1. The first-order chi connectivity index (χ1) is 7.07. The monoisotopic (exact) mass is 213 g/mol. The van der Waals surface area contributed by atoms with Gasteiger partial charge in [-0.3, -0.25) is 9.69 Å². The SMILES string of the molecule is CCC(C)C(C)N1CCNCC1C(N)=O. The van der Waals surface area contributed by atoms with E-state index in [4.69, 9.17) is 5.73 Å². The van der Waals surface area contributed by atoms with Gasteiger partial charge in [-0.1, -0.05) is 20.3 Å². The Morgan fingerprint density at radius 3 is 2.80 bits per heavy atom. The van der Waals surface area contributed by atoms with Gasteiger partial charge >= 0.3 is 0 Å². The molecule has 0 spiro atoms. The molecule has 3 atom stereocenters. The van der Waals surface area contributed by atoms with E-state index in [2.05, 4.69) is 31.0 Å². The van der Waals surface area contributed by atoms with Crippen LogP contribution in [0.1, 0.15) is 27.2 Å². The number of primary amides is 1. The normalized spacial score (nSPS) is 27.3. The van der Waals surface area contributed by atoms with Gasteiger partial charge in [0.2, 0.25) is 5.91 Å². The van der Waals surface area contributed by atoms with Gasteiger partial charge in [0, 0.05) is 25.7 Å². The number of rotatable bonds is 4. The van der Waals surface area contributed by atoms with Crippen LogP contribution in [0.2, 0.25) is 0 Å². The van der Waals surface area contributed by atoms with Gasteiger partial charge < -0.3 is 11.1 Å². The summed E-state index contributed by atoms with van der Waals surface area (Å²) in [5.74, 6) is 0.391. The number of carbonyl (C=O) groups excluding carboxylic acids is 1. The van der Waals surface area contributed by atoms with Gasteiger partial charge in [-0.2, -0.15) is 0 Å². The quantitative estimate of drug-likeness (QED) is 0.700. The summed E-state index contributed by atoms with van der Waals surface area (Å²) < 4.78 is 0. The summed E-state index contributed by atoms with van der Waals surface area (Å²) in [6.45, 7) is 9.16. The van der Waals surface area contributed by atoms with Gasteiger partial charge in [-0.05, 0) is 12.8 Å². The highest BCUT2D eigenvalue weighted by atomic mass is 16.1. The summed E-state index contributed by atoms with van der Waals surface area (Å²) in [5, 5.41) is 3.22. The standard InChI is InChI=1S/C11H23N3O/c1-4-8(2)9(3)14-6-5-13-7-10(14)11(12)15/h8-10,13H,4-7H2,1-3H3,(H2,12,15). The molecule has 3 unspecified atom stereocenters. The van der Waals surface area contributed by atoms with Crippen LogP contribution in [0.25, 0.3) is 0 Å². The molecule has 0 aromatic carbocycles. The van der Waals surface area contributed by atoms with Crippen molar-refractivity contribution < 1.29 is 4.79 Å². The van der Waals surface area contributed by atoms with Gasteiger partial charge in [0.25, 0.3) is 0 Å². The van der Waals surface area contributed by atoms with Crippen molar-refractivity contribution in [1.82, 2.24) is 10.2 Å². The lowest BCUT2D eigenvalue weighted by molar-refractivity contribution is -0.125. The highest BCUT2D eigenvalue weighted by molar-refractivity contribution is 5.80. The number of nitrogens with zero attached hydrogens (tertiary/aromatic N) is 1. The first kappa shape index (κ1) is 12.5. The predicted octanol–water partition coefficient (Wildman–Crippen LogP) is 0.180. The molecule has 1 aliphatic heterocycles. The molecule has 0 aromatic heterocycles. The number of carbonyl (C=O) groups is 1. The molecule has 1 aliphatic rings. The Labute approximate surface area is 92.2 Å². The molecule has 1 rings (SSSR count). The Morgan fingerprint density at radius 2 is 2.27 bits per heavy atom.